The smallest absolute Gasteiger partial charge is 0.248 e. The molecule has 1 aromatic carbocycles. The van der Waals surface area contributed by atoms with E-state index in [1.165, 1.54) is 0 Å². The molecule has 1 atom stereocenters. The van der Waals surface area contributed by atoms with E-state index >= 15 is 0 Å². The second-order valence-electron chi connectivity index (χ2n) is 6.26. The van der Waals surface area contributed by atoms with Crippen LogP contribution in [0.3, 0.4) is 0 Å². The van der Waals surface area contributed by atoms with Gasteiger partial charge in [0.05, 0.1) is 24.9 Å². The minimum absolute atomic E-state index is 0.164. The molecule has 2 aromatic rings. The molecule has 0 aliphatic heterocycles. The van der Waals surface area contributed by atoms with Crippen LogP contribution < -0.4 is 14.8 Å². The fourth-order valence-corrected chi connectivity index (χ4v) is 2.22. The van der Waals surface area contributed by atoms with Gasteiger partial charge in [-0.15, -0.1) is 0 Å². The van der Waals surface area contributed by atoms with Gasteiger partial charge < -0.3 is 19.3 Å². The topological polar surface area (TPSA) is 69.4 Å². The van der Waals surface area contributed by atoms with Crippen molar-refractivity contribution in [2.75, 3.05) is 19.5 Å². The summed E-state index contributed by atoms with van der Waals surface area (Å²) in [5, 5.41) is 7.80. The van der Waals surface area contributed by atoms with Gasteiger partial charge in [0.25, 0.3) is 0 Å². The lowest BCUT2D eigenvalue weighted by molar-refractivity contribution is 0.353. The average Bonchev–Trinajstić information content (AvgIpc) is 2.97. The standard InChI is InChI=1S/C16H22ClN3O3/c1-9(14-19-15(20-23-14)16(2,3)4)18-11-7-10(17)12(21-5)8-13(11)22-6/h7-9,18H,1-6H3/t9-/m1/s1. The van der Waals surface area contributed by atoms with Crippen LogP contribution in [-0.4, -0.2) is 24.4 Å². The number of hydrogen-bond donors (Lipinski definition) is 1. The Balaban J connectivity index is 2.24. The zero-order chi connectivity index (χ0) is 17.2. The van der Waals surface area contributed by atoms with E-state index < -0.39 is 0 Å². The van der Waals surface area contributed by atoms with Crippen LogP contribution in [0.15, 0.2) is 16.7 Å². The predicted molar refractivity (Wildman–Crippen MR) is 89.6 cm³/mol. The van der Waals surface area contributed by atoms with Crippen LogP contribution >= 0.6 is 11.6 Å². The molecule has 126 valence electrons. The van der Waals surface area contributed by atoms with Gasteiger partial charge in [-0.05, 0) is 13.0 Å². The summed E-state index contributed by atoms with van der Waals surface area (Å²) in [6.07, 6.45) is 0. The molecule has 7 heteroatoms. The van der Waals surface area contributed by atoms with Crippen molar-refractivity contribution in [2.45, 2.75) is 39.2 Å². The lowest BCUT2D eigenvalue weighted by atomic mass is 9.96. The number of hydrogen-bond acceptors (Lipinski definition) is 6. The minimum atomic E-state index is -0.197. The van der Waals surface area contributed by atoms with E-state index in [4.69, 9.17) is 25.6 Å². The summed E-state index contributed by atoms with van der Waals surface area (Å²) in [7, 11) is 3.14. The van der Waals surface area contributed by atoms with Gasteiger partial charge in [-0.1, -0.05) is 37.5 Å². The molecular formula is C16H22ClN3O3. The highest BCUT2D eigenvalue weighted by molar-refractivity contribution is 6.32. The van der Waals surface area contributed by atoms with Gasteiger partial charge in [0.1, 0.15) is 17.5 Å². The van der Waals surface area contributed by atoms with E-state index in [-0.39, 0.29) is 11.5 Å². The first-order valence-electron chi connectivity index (χ1n) is 7.28. The molecule has 1 heterocycles. The highest BCUT2D eigenvalue weighted by Crippen LogP contribution is 2.37. The van der Waals surface area contributed by atoms with Crippen LogP contribution in [0.5, 0.6) is 11.5 Å². The fourth-order valence-electron chi connectivity index (χ4n) is 1.98. The second kappa shape index (κ2) is 6.66. The molecule has 23 heavy (non-hydrogen) atoms. The van der Waals surface area contributed by atoms with Crippen molar-refractivity contribution in [3.8, 4) is 11.5 Å². The zero-order valence-corrected chi connectivity index (χ0v) is 15.0. The van der Waals surface area contributed by atoms with E-state index in [9.17, 15) is 0 Å². The third-order valence-corrected chi connectivity index (χ3v) is 3.62. The Morgan fingerprint density at radius 2 is 1.83 bits per heavy atom. The van der Waals surface area contributed by atoms with Gasteiger partial charge in [0.2, 0.25) is 5.89 Å². The van der Waals surface area contributed by atoms with Gasteiger partial charge in [-0.2, -0.15) is 4.98 Å². The minimum Gasteiger partial charge on any atom is -0.495 e. The molecule has 0 aliphatic carbocycles. The van der Waals surface area contributed by atoms with Crippen LogP contribution in [0.1, 0.15) is 45.5 Å². The Labute approximate surface area is 141 Å². The van der Waals surface area contributed by atoms with Crippen molar-refractivity contribution in [1.82, 2.24) is 10.1 Å². The maximum atomic E-state index is 6.18. The van der Waals surface area contributed by atoms with Crippen LogP contribution in [0, 0.1) is 0 Å². The number of halogens is 1. The van der Waals surface area contributed by atoms with E-state index in [1.54, 1.807) is 26.4 Å². The maximum absolute atomic E-state index is 6.18. The van der Waals surface area contributed by atoms with Crippen LogP contribution in [0.25, 0.3) is 0 Å². The van der Waals surface area contributed by atoms with E-state index in [2.05, 4.69) is 15.5 Å². The molecule has 0 saturated carbocycles. The highest BCUT2D eigenvalue weighted by atomic mass is 35.5. The number of rotatable bonds is 5. The van der Waals surface area contributed by atoms with Crippen LogP contribution in [-0.2, 0) is 5.41 Å². The molecule has 0 spiro atoms. The SMILES string of the molecule is COc1cc(OC)c(N[C@H](C)c2nc(C(C)(C)C)no2)cc1Cl. The second-order valence-corrected chi connectivity index (χ2v) is 6.67. The molecule has 0 unspecified atom stereocenters. The van der Waals surface area contributed by atoms with E-state index in [1.807, 2.05) is 27.7 Å². The third-order valence-electron chi connectivity index (χ3n) is 3.33. The summed E-state index contributed by atoms with van der Waals surface area (Å²) < 4.78 is 15.9. The van der Waals surface area contributed by atoms with Crippen LogP contribution in [0.2, 0.25) is 5.02 Å². The molecule has 0 aliphatic rings. The zero-order valence-electron chi connectivity index (χ0n) is 14.2. The Kier molecular flexibility index (Phi) is 5.04. The van der Waals surface area contributed by atoms with E-state index in [0.717, 1.165) is 5.69 Å². The van der Waals surface area contributed by atoms with Crippen molar-refractivity contribution in [3.05, 3.63) is 28.9 Å². The molecule has 2 rings (SSSR count). The summed E-state index contributed by atoms with van der Waals surface area (Å²) in [5.74, 6) is 2.34. The number of benzene rings is 1. The molecule has 0 bridgehead atoms. The van der Waals surface area contributed by atoms with Crippen LogP contribution in [0.4, 0.5) is 5.69 Å². The van der Waals surface area contributed by atoms with Crippen molar-refractivity contribution in [2.24, 2.45) is 0 Å². The lowest BCUT2D eigenvalue weighted by Gasteiger charge is -2.16. The summed E-state index contributed by atoms with van der Waals surface area (Å²) in [6.45, 7) is 8.03. The number of aromatic nitrogens is 2. The summed E-state index contributed by atoms with van der Waals surface area (Å²) in [5.41, 5.74) is 0.559. The molecule has 0 radical (unpaired) electrons. The first kappa shape index (κ1) is 17.4. The van der Waals surface area contributed by atoms with Crippen molar-refractivity contribution >= 4 is 17.3 Å². The van der Waals surface area contributed by atoms with Crippen molar-refractivity contribution < 1.29 is 14.0 Å². The molecule has 1 N–H and O–H groups in total. The van der Waals surface area contributed by atoms with E-state index in [0.29, 0.717) is 28.2 Å². The van der Waals surface area contributed by atoms with Gasteiger partial charge in [0, 0.05) is 11.5 Å². The number of anilines is 1. The van der Waals surface area contributed by atoms with Gasteiger partial charge in [-0.3, -0.25) is 0 Å². The number of nitrogens with zero attached hydrogens (tertiary/aromatic N) is 2. The molecule has 0 saturated heterocycles. The lowest BCUT2D eigenvalue weighted by Crippen LogP contribution is -2.14. The third kappa shape index (κ3) is 3.88. The Morgan fingerprint density at radius 1 is 1.17 bits per heavy atom. The predicted octanol–water partition coefficient (Wildman–Crippen LogP) is 4.21. The van der Waals surface area contributed by atoms with Crippen molar-refractivity contribution in [3.63, 3.8) is 0 Å². The molecule has 0 amide bonds. The Bertz CT molecular complexity index is 680. The first-order chi connectivity index (χ1) is 10.8. The normalized spacial score (nSPS) is 12.8. The number of methoxy groups -OCH3 is 2. The molecule has 6 nitrogen and oxygen atoms in total. The number of ether oxygens (including phenoxy) is 2. The Morgan fingerprint density at radius 3 is 2.35 bits per heavy atom. The summed E-state index contributed by atoms with van der Waals surface area (Å²) >= 11 is 6.18. The maximum Gasteiger partial charge on any atom is 0.248 e. The van der Waals surface area contributed by atoms with Gasteiger partial charge in [-0.25, -0.2) is 0 Å². The molecule has 0 fully saturated rings. The average molecular weight is 340 g/mol. The molecule has 1 aromatic heterocycles. The first-order valence-corrected chi connectivity index (χ1v) is 7.66. The van der Waals surface area contributed by atoms with Gasteiger partial charge >= 0.3 is 0 Å². The quantitative estimate of drug-likeness (QED) is 0.879. The molecular weight excluding hydrogens is 318 g/mol. The number of nitrogens with one attached hydrogen (secondary N) is 1. The van der Waals surface area contributed by atoms with Gasteiger partial charge in [0.15, 0.2) is 5.82 Å². The Hall–Kier alpha value is -1.95. The largest absolute Gasteiger partial charge is 0.495 e. The monoisotopic (exact) mass is 339 g/mol. The summed E-state index contributed by atoms with van der Waals surface area (Å²) in [6, 6.07) is 3.28. The summed E-state index contributed by atoms with van der Waals surface area (Å²) in [4.78, 5) is 4.45. The fraction of sp³-hybridized carbons (Fsp3) is 0.500. The highest BCUT2D eigenvalue weighted by Gasteiger charge is 2.23. The van der Waals surface area contributed by atoms with Crippen molar-refractivity contribution in [1.29, 1.82) is 0 Å².